The smallest absolute Gasteiger partial charge is 0.301 e. The standard InChI is InChI=1S/C28H23FN2O6S/c1-4-37-17-8-5-15(6-9-17)25(32)23-24(19-14-18(35-2)10-12-21(19)36-3)31(27(34)26(23)33)28-30-20-11-7-16(29)13-22(20)38-28/h5-14,24,32H,4H2,1-3H3/b25-23+/t24-/m1/s1. The highest BCUT2D eigenvalue weighted by Crippen LogP contribution is 2.47. The van der Waals surface area contributed by atoms with Crippen LogP contribution in [0.5, 0.6) is 17.2 Å². The highest BCUT2D eigenvalue weighted by Gasteiger charge is 2.49. The van der Waals surface area contributed by atoms with E-state index in [4.69, 9.17) is 14.2 Å². The lowest BCUT2D eigenvalue weighted by Gasteiger charge is -2.25. The monoisotopic (exact) mass is 534 g/mol. The zero-order valence-electron chi connectivity index (χ0n) is 20.7. The normalized spacial score (nSPS) is 16.7. The molecule has 1 aromatic heterocycles. The van der Waals surface area contributed by atoms with Crippen LogP contribution in [0.1, 0.15) is 24.1 Å². The molecule has 1 amide bonds. The Balaban J connectivity index is 1.74. The molecule has 4 aromatic rings. The van der Waals surface area contributed by atoms with Crippen LogP contribution in [0.2, 0.25) is 0 Å². The second-order valence-corrected chi connectivity index (χ2v) is 9.35. The number of anilines is 1. The van der Waals surface area contributed by atoms with E-state index in [0.29, 0.717) is 45.2 Å². The second-order valence-electron chi connectivity index (χ2n) is 8.34. The SMILES string of the molecule is CCOc1ccc(/C(O)=C2\C(=O)C(=O)N(c3nc4ccc(F)cc4s3)[C@@H]2c2cc(OC)ccc2OC)cc1. The number of carbonyl (C=O) groups excluding carboxylic acids is 2. The van der Waals surface area contributed by atoms with E-state index in [0.717, 1.165) is 11.3 Å². The van der Waals surface area contributed by atoms with E-state index in [1.54, 1.807) is 42.5 Å². The Hall–Kier alpha value is -4.44. The summed E-state index contributed by atoms with van der Waals surface area (Å²) in [5.41, 5.74) is 1.06. The highest BCUT2D eigenvalue weighted by atomic mass is 32.1. The van der Waals surface area contributed by atoms with E-state index >= 15 is 0 Å². The highest BCUT2D eigenvalue weighted by molar-refractivity contribution is 7.22. The summed E-state index contributed by atoms with van der Waals surface area (Å²) in [4.78, 5) is 32.7. The van der Waals surface area contributed by atoms with Gasteiger partial charge in [0.1, 0.15) is 34.9 Å². The molecule has 38 heavy (non-hydrogen) atoms. The van der Waals surface area contributed by atoms with Crippen molar-refractivity contribution in [2.75, 3.05) is 25.7 Å². The van der Waals surface area contributed by atoms with Gasteiger partial charge in [-0.15, -0.1) is 0 Å². The number of nitrogens with zero attached hydrogens (tertiary/aromatic N) is 2. The first kappa shape index (κ1) is 25.2. The number of halogens is 1. The van der Waals surface area contributed by atoms with E-state index < -0.39 is 23.5 Å². The molecule has 0 bridgehead atoms. The summed E-state index contributed by atoms with van der Waals surface area (Å²) in [5, 5.41) is 11.6. The molecule has 10 heteroatoms. The van der Waals surface area contributed by atoms with Crippen LogP contribution >= 0.6 is 11.3 Å². The van der Waals surface area contributed by atoms with Crippen molar-refractivity contribution in [3.8, 4) is 17.2 Å². The van der Waals surface area contributed by atoms with Gasteiger partial charge in [0.15, 0.2) is 5.13 Å². The van der Waals surface area contributed by atoms with Gasteiger partial charge >= 0.3 is 5.91 Å². The van der Waals surface area contributed by atoms with Gasteiger partial charge < -0.3 is 19.3 Å². The number of ketones is 1. The predicted octanol–water partition coefficient (Wildman–Crippen LogP) is 5.48. The number of carbonyl (C=O) groups is 2. The van der Waals surface area contributed by atoms with Crippen LogP contribution in [-0.2, 0) is 9.59 Å². The Kier molecular flexibility index (Phi) is 6.73. The molecule has 1 aliphatic heterocycles. The van der Waals surface area contributed by atoms with Crippen molar-refractivity contribution in [1.82, 2.24) is 4.98 Å². The minimum absolute atomic E-state index is 0.142. The van der Waals surface area contributed by atoms with Crippen LogP contribution in [-0.4, -0.2) is 42.6 Å². The van der Waals surface area contributed by atoms with Crippen LogP contribution < -0.4 is 19.1 Å². The van der Waals surface area contributed by atoms with Crippen molar-refractivity contribution in [3.05, 3.63) is 83.2 Å². The first-order valence-corrected chi connectivity index (χ1v) is 12.5. The molecule has 3 aromatic carbocycles. The molecule has 1 atom stereocenters. The van der Waals surface area contributed by atoms with Crippen LogP contribution in [0.4, 0.5) is 9.52 Å². The van der Waals surface area contributed by atoms with Crippen molar-refractivity contribution in [3.63, 3.8) is 0 Å². The molecule has 194 valence electrons. The number of methoxy groups -OCH3 is 2. The third-order valence-electron chi connectivity index (χ3n) is 6.16. The van der Waals surface area contributed by atoms with Gasteiger partial charge in [0.2, 0.25) is 0 Å². The Bertz CT molecular complexity index is 1580. The quantitative estimate of drug-likeness (QED) is 0.191. The molecular formula is C28H23FN2O6S. The van der Waals surface area contributed by atoms with Crippen LogP contribution in [0, 0.1) is 5.82 Å². The maximum atomic E-state index is 13.9. The van der Waals surface area contributed by atoms with Crippen molar-refractivity contribution >= 4 is 44.1 Å². The maximum absolute atomic E-state index is 13.9. The third kappa shape index (κ3) is 4.32. The van der Waals surface area contributed by atoms with Crippen LogP contribution in [0.15, 0.2) is 66.2 Å². The molecule has 0 radical (unpaired) electrons. The minimum Gasteiger partial charge on any atom is -0.507 e. The number of hydrogen-bond donors (Lipinski definition) is 1. The minimum atomic E-state index is -1.10. The fourth-order valence-electron chi connectivity index (χ4n) is 4.40. The van der Waals surface area contributed by atoms with Crippen molar-refractivity contribution in [2.45, 2.75) is 13.0 Å². The van der Waals surface area contributed by atoms with Gasteiger partial charge in [-0.2, -0.15) is 0 Å². The number of benzene rings is 3. The van der Waals surface area contributed by atoms with Gasteiger partial charge in [0.25, 0.3) is 5.78 Å². The molecule has 1 N–H and O–H groups in total. The van der Waals surface area contributed by atoms with E-state index in [1.807, 2.05) is 6.92 Å². The second kappa shape index (κ2) is 10.1. The molecule has 8 nitrogen and oxygen atoms in total. The van der Waals surface area contributed by atoms with Crippen LogP contribution in [0.3, 0.4) is 0 Å². The number of aliphatic hydroxyl groups excluding tert-OH is 1. The van der Waals surface area contributed by atoms with Gasteiger partial charge in [-0.1, -0.05) is 11.3 Å². The van der Waals surface area contributed by atoms with Gasteiger partial charge in [-0.05, 0) is 67.6 Å². The molecule has 0 spiro atoms. The Morgan fingerprint density at radius 3 is 2.45 bits per heavy atom. The average molecular weight is 535 g/mol. The lowest BCUT2D eigenvalue weighted by molar-refractivity contribution is -0.132. The Morgan fingerprint density at radius 1 is 1.03 bits per heavy atom. The number of fused-ring (bicyclic) bond motifs is 1. The molecule has 1 aliphatic rings. The lowest BCUT2D eigenvalue weighted by Crippen LogP contribution is -2.29. The van der Waals surface area contributed by atoms with Gasteiger partial charge in [-0.25, -0.2) is 9.37 Å². The lowest BCUT2D eigenvalue weighted by atomic mass is 9.94. The summed E-state index contributed by atoms with van der Waals surface area (Å²) in [6.07, 6.45) is 0. The van der Waals surface area contributed by atoms with Gasteiger partial charge in [0.05, 0.1) is 36.6 Å². The fraction of sp³-hybridized carbons (Fsp3) is 0.179. The number of rotatable bonds is 7. The summed E-state index contributed by atoms with van der Waals surface area (Å²) in [6, 6.07) is 14.5. The first-order chi connectivity index (χ1) is 18.4. The fourth-order valence-corrected chi connectivity index (χ4v) is 5.41. The number of aromatic nitrogens is 1. The topological polar surface area (TPSA) is 98.2 Å². The van der Waals surface area contributed by atoms with Gasteiger partial charge in [0, 0.05) is 11.1 Å². The number of ether oxygens (including phenoxy) is 3. The summed E-state index contributed by atoms with van der Waals surface area (Å²) >= 11 is 1.06. The van der Waals surface area contributed by atoms with Crippen LogP contribution in [0.25, 0.3) is 16.0 Å². The molecule has 0 aliphatic carbocycles. The largest absolute Gasteiger partial charge is 0.507 e. The number of Topliss-reactive ketones (excluding diaryl/α,β-unsaturated/α-hetero) is 1. The third-order valence-corrected chi connectivity index (χ3v) is 7.18. The number of amides is 1. The molecule has 2 heterocycles. The molecule has 1 fully saturated rings. The van der Waals surface area contributed by atoms with Crippen molar-refractivity contribution < 1.29 is 33.3 Å². The molecule has 0 saturated carbocycles. The maximum Gasteiger partial charge on any atom is 0.301 e. The van der Waals surface area contributed by atoms with E-state index in [-0.39, 0.29) is 16.5 Å². The first-order valence-electron chi connectivity index (χ1n) is 11.7. The number of hydrogen-bond acceptors (Lipinski definition) is 8. The summed E-state index contributed by atoms with van der Waals surface area (Å²) in [7, 11) is 2.95. The Labute approximate surface area is 221 Å². The van der Waals surface area contributed by atoms with Gasteiger partial charge in [-0.3, -0.25) is 14.5 Å². The number of aliphatic hydroxyl groups is 1. The summed E-state index contributed by atoms with van der Waals surface area (Å²) < 4.78 is 30.8. The predicted molar refractivity (Wildman–Crippen MR) is 142 cm³/mol. The summed E-state index contributed by atoms with van der Waals surface area (Å²) in [5.74, 6) is -1.17. The van der Waals surface area contributed by atoms with Crippen molar-refractivity contribution in [2.24, 2.45) is 0 Å². The molecule has 5 rings (SSSR count). The molecular weight excluding hydrogens is 511 g/mol. The zero-order chi connectivity index (χ0) is 27.0. The van der Waals surface area contributed by atoms with E-state index in [9.17, 15) is 19.1 Å². The Morgan fingerprint density at radius 2 is 1.76 bits per heavy atom. The van der Waals surface area contributed by atoms with E-state index in [2.05, 4.69) is 4.98 Å². The van der Waals surface area contributed by atoms with E-state index in [1.165, 1.54) is 37.3 Å². The number of thiazole rings is 1. The molecule has 0 unspecified atom stereocenters. The van der Waals surface area contributed by atoms with Crippen molar-refractivity contribution in [1.29, 1.82) is 0 Å². The zero-order valence-corrected chi connectivity index (χ0v) is 21.5. The summed E-state index contributed by atoms with van der Waals surface area (Å²) in [6.45, 7) is 2.32. The average Bonchev–Trinajstić information content (AvgIpc) is 3.45. The molecule has 1 saturated heterocycles.